The molecule has 1 heterocycles. The lowest BCUT2D eigenvalue weighted by Crippen LogP contribution is -2.25. The highest BCUT2D eigenvalue weighted by Gasteiger charge is 2.09. The van der Waals surface area contributed by atoms with Gasteiger partial charge in [-0.25, -0.2) is 0 Å². The molecule has 2 aromatic rings. The minimum absolute atomic E-state index is 0.529. The smallest absolute Gasteiger partial charge is 0.0974 e. The van der Waals surface area contributed by atoms with Crippen LogP contribution in [0.3, 0.4) is 0 Å². The molecule has 1 aromatic heterocycles. The maximum Gasteiger partial charge on any atom is 0.0974 e. The summed E-state index contributed by atoms with van der Waals surface area (Å²) in [4.78, 5) is 6.45. The maximum atomic E-state index is 4.13. The molecular weight excluding hydrogens is 220 g/mol. The standard InChI is InChI=1S/C16H19N2/c1-13(2)18(3)12-15-9-10-17-11-16(15)14-7-5-4-6-8-14/h4-10,13H,12H2,1-3H3. The highest BCUT2D eigenvalue weighted by molar-refractivity contribution is 5.65. The lowest BCUT2D eigenvalue weighted by Gasteiger charge is -2.22. The van der Waals surface area contributed by atoms with Crippen molar-refractivity contribution >= 4 is 0 Å². The van der Waals surface area contributed by atoms with Crippen molar-refractivity contribution in [2.45, 2.75) is 26.4 Å². The Balaban J connectivity index is 2.32. The lowest BCUT2D eigenvalue weighted by atomic mass is 10.0. The molecule has 1 radical (unpaired) electrons. The maximum absolute atomic E-state index is 4.13. The number of rotatable bonds is 4. The first-order chi connectivity index (χ1) is 8.68. The van der Waals surface area contributed by atoms with Gasteiger partial charge in [-0.15, -0.1) is 0 Å². The molecule has 0 N–H and O–H groups in total. The van der Waals surface area contributed by atoms with Crippen LogP contribution < -0.4 is 0 Å². The van der Waals surface area contributed by atoms with Gasteiger partial charge in [0.25, 0.3) is 0 Å². The molecule has 2 rings (SSSR count). The second kappa shape index (κ2) is 5.78. The van der Waals surface area contributed by atoms with E-state index in [1.165, 1.54) is 11.1 Å². The Hall–Kier alpha value is -1.67. The molecule has 2 nitrogen and oxygen atoms in total. The van der Waals surface area contributed by atoms with Gasteiger partial charge in [-0.2, -0.15) is 0 Å². The van der Waals surface area contributed by atoms with Gasteiger partial charge in [0.05, 0.1) is 6.20 Å². The molecule has 1 aromatic carbocycles. The van der Waals surface area contributed by atoms with E-state index in [-0.39, 0.29) is 0 Å². The van der Waals surface area contributed by atoms with E-state index in [0.29, 0.717) is 6.04 Å². The fourth-order valence-corrected chi connectivity index (χ4v) is 1.82. The first-order valence-corrected chi connectivity index (χ1v) is 6.29. The Kier molecular flexibility index (Phi) is 4.11. The molecule has 0 fully saturated rings. The van der Waals surface area contributed by atoms with E-state index in [1.54, 1.807) is 0 Å². The summed E-state index contributed by atoms with van der Waals surface area (Å²) in [5.41, 5.74) is 3.55. The zero-order chi connectivity index (χ0) is 13.0. The first-order valence-electron chi connectivity index (χ1n) is 6.29. The second-order valence-electron chi connectivity index (χ2n) is 4.83. The van der Waals surface area contributed by atoms with Crippen molar-refractivity contribution in [2.75, 3.05) is 7.05 Å². The average Bonchev–Trinajstić information content (AvgIpc) is 2.40. The molecule has 0 atom stereocenters. The predicted molar refractivity (Wildman–Crippen MR) is 75.1 cm³/mol. The van der Waals surface area contributed by atoms with E-state index in [1.807, 2.05) is 24.4 Å². The summed E-state index contributed by atoms with van der Waals surface area (Å²) in [5.74, 6) is 0. The molecule has 0 aliphatic carbocycles. The minimum Gasteiger partial charge on any atom is -0.300 e. The molecule has 0 spiro atoms. The van der Waals surface area contributed by atoms with Crippen molar-refractivity contribution in [3.8, 4) is 11.1 Å². The normalized spacial score (nSPS) is 11.2. The molecule has 2 heteroatoms. The van der Waals surface area contributed by atoms with Gasteiger partial charge in [-0.3, -0.25) is 9.88 Å². The monoisotopic (exact) mass is 239 g/mol. The fraction of sp³-hybridized carbons (Fsp3) is 0.312. The van der Waals surface area contributed by atoms with E-state index in [0.717, 1.165) is 12.1 Å². The van der Waals surface area contributed by atoms with E-state index in [2.05, 4.69) is 55.2 Å². The summed E-state index contributed by atoms with van der Waals surface area (Å²) in [5, 5.41) is 0. The average molecular weight is 239 g/mol. The van der Waals surface area contributed by atoms with Gasteiger partial charge in [0.15, 0.2) is 0 Å². The van der Waals surface area contributed by atoms with Crippen LogP contribution in [-0.4, -0.2) is 23.0 Å². The Labute approximate surface area is 109 Å². The second-order valence-corrected chi connectivity index (χ2v) is 4.83. The van der Waals surface area contributed by atoms with Gasteiger partial charge in [0.1, 0.15) is 0 Å². The van der Waals surface area contributed by atoms with E-state index >= 15 is 0 Å². The molecule has 0 amide bonds. The molecular formula is C16H19N2. The van der Waals surface area contributed by atoms with Gasteiger partial charge < -0.3 is 0 Å². The topological polar surface area (TPSA) is 16.1 Å². The van der Waals surface area contributed by atoms with Crippen molar-refractivity contribution in [1.82, 2.24) is 9.88 Å². The van der Waals surface area contributed by atoms with Gasteiger partial charge in [-0.1, -0.05) is 30.3 Å². The zero-order valence-corrected chi connectivity index (χ0v) is 11.2. The number of aromatic nitrogens is 1. The molecule has 0 aliphatic rings. The number of nitrogens with zero attached hydrogens (tertiary/aromatic N) is 2. The fourth-order valence-electron chi connectivity index (χ4n) is 1.82. The molecule has 0 unspecified atom stereocenters. The lowest BCUT2D eigenvalue weighted by molar-refractivity contribution is 0.266. The molecule has 0 bridgehead atoms. The van der Waals surface area contributed by atoms with Crippen LogP contribution in [0.4, 0.5) is 0 Å². The molecule has 0 aliphatic heterocycles. The van der Waals surface area contributed by atoms with Gasteiger partial charge in [0, 0.05) is 24.3 Å². The highest BCUT2D eigenvalue weighted by Crippen LogP contribution is 2.23. The van der Waals surface area contributed by atoms with Crippen molar-refractivity contribution in [1.29, 1.82) is 0 Å². The number of pyridine rings is 1. The third-order valence-electron chi connectivity index (χ3n) is 3.21. The SMILES string of the molecule is CC(C)N(C)Cc1ccn[c]c1-c1ccccc1. The zero-order valence-electron chi connectivity index (χ0n) is 11.2. The number of benzene rings is 1. The Morgan fingerprint density at radius 2 is 1.89 bits per heavy atom. The van der Waals surface area contributed by atoms with Crippen LogP contribution in [0.25, 0.3) is 11.1 Å². The summed E-state index contributed by atoms with van der Waals surface area (Å²) < 4.78 is 0. The first kappa shape index (κ1) is 12.8. The van der Waals surface area contributed by atoms with Crippen LogP contribution in [-0.2, 0) is 6.54 Å². The summed E-state index contributed by atoms with van der Waals surface area (Å²) in [6, 6.07) is 12.9. The van der Waals surface area contributed by atoms with Crippen molar-refractivity contribution in [3.63, 3.8) is 0 Å². The van der Waals surface area contributed by atoms with Gasteiger partial charge >= 0.3 is 0 Å². The van der Waals surface area contributed by atoms with Crippen LogP contribution in [0.2, 0.25) is 0 Å². The third kappa shape index (κ3) is 2.96. The van der Waals surface area contributed by atoms with Crippen molar-refractivity contribution < 1.29 is 0 Å². The quantitative estimate of drug-likeness (QED) is 0.813. The Bertz CT molecular complexity index is 491. The van der Waals surface area contributed by atoms with Gasteiger partial charge in [0.2, 0.25) is 0 Å². The highest BCUT2D eigenvalue weighted by atomic mass is 15.1. The predicted octanol–water partition coefficient (Wildman–Crippen LogP) is 3.39. The summed E-state index contributed by atoms with van der Waals surface area (Å²) in [6.45, 7) is 5.32. The van der Waals surface area contributed by atoms with Crippen molar-refractivity contribution in [2.24, 2.45) is 0 Å². The van der Waals surface area contributed by atoms with E-state index < -0.39 is 0 Å². The van der Waals surface area contributed by atoms with Crippen LogP contribution in [0, 0.1) is 6.20 Å². The number of hydrogen-bond donors (Lipinski definition) is 0. The molecule has 0 saturated carbocycles. The van der Waals surface area contributed by atoms with Gasteiger partial charge in [-0.05, 0) is 38.1 Å². The molecule has 93 valence electrons. The Morgan fingerprint density at radius 1 is 1.17 bits per heavy atom. The number of hydrogen-bond acceptors (Lipinski definition) is 2. The van der Waals surface area contributed by atoms with Crippen LogP contribution >= 0.6 is 0 Å². The molecule has 0 saturated heterocycles. The van der Waals surface area contributed by atoms with E-state index in [4.69, 9.17) is 0 Å². The summed E-state index contributed by atoms with van der Waals surface area (Å²) >= 11 is 0. The minimum atomic E-state index is 0.529. The van der Waals surface area contributed by atoms with Crippen LogP contribution in [0.1, 0.15) is 19.4 Å². The largest absolute Gasteiger partial charge is 0.300 e. The molecule has 18 heavy (non-hydrogen) atoms. The van der Waals surface area contributed by atoms with Crippen LogP contribution in [0.5, 0.6) is 0 Å². The Morgan fingerprint density at radius 3 is 2.56 bits per heavy atom. The third-order valence-corrected chi connectivity index (χ3v) is 3.21. The van der Waals surface area contributed by atoms with E-state index in [9.17, 15) is 0 Å². The summed E-state index contributed by atoms with van der Waals surface area (Å²) in [6.07, 6.45) is 4.94. The van der Waals surface area contributed by atoms with Crippen molar-refractivity contribution in [3.05, 3.63) is 54.4 Å². The summed E-state index contributed by atoms with van der Waals surface area (Å²) in [7, 11) is 2.14. The van der Waals surface area contributed by atoms with Crippen LogP contribution in [0.15, 0.2) is 42.6 Å².